The largest absolute Gasteiger partial charge is 0.364 e. The SMILES string of the molecule is NC(=O)c1ncnc2c1ncn2CCF. The lowest BCUT2D eigenvalue weighted by molar-refractivity contribution is 0.0997. The number of aryl methyl sites for hydroxylation is 1. The highest BCUT2D eigenvalue weighted by atomic mass is 19.1. The minimum Gasteiger partial charge on any atom is -0.364 e. The van der Waals surface area contributed by atoms with Crippen LogP contribution >= 0.6 is 0 Å². The number of rotatable bonds is 3. The van der Waals surface area contributed by atoms with Crippen molar-refractivity contribution in [3.05, 3.63) is 18.3 Å². The van der Waals surface area contributed by atoms with Crippen LogP contribution < -0.4 is 5.73 Å². The second-order valence-electron chi connectivity index (χ2n) is 2.89. The van der Waals surface area contributed by atoms with E-state index in [4.69, 9.17) is 5.73 Å². The predicted molar refractivity (Wildman–Crippen MR) is 49.8 cm³/mol. The smallest absolute Gasteiger partial charge is 0.269 e. The first-order valence-electron chi connectivity index (χ1n) is 4.25. The monoisotopic (exact) mass is 209 g/mol. The van der Waals surface area contributed by atoms with Gasteiger partial charge in [-0.05, 0) is 0 Å². The second kappa shape index (κ2) is 3.60. The maximum Gasteiger partial charge on any atom is 0.269 e. The van der Waals surface area contributed by atoms with Gasteiger partial charge in [-0.3, -0.25) is 4.79 Å². The summed E-state index contributed by atoms with van der Waals surface area (Å²) in [5.41, 5.74) is 5.88. The Labute approximate surface area is 84.0 Å². The van der Waals surface area contributed by atoms with E-state index in [1.54, 1.807) is 0 Å². The van der Waals surface area contributed by atoms with E-state index in [-0.39, 0.29) is 12.2 Å². The molecule has 2 aromatic heterocycles. The fraction of sp³-hybridized carbons (Fsp3) is 0.250. The highest BCUT2D eigenvalue weighted by Crippen LogP contribution is 2.12. The maximum atomic E-state index is 12.2. The van der Waals surface area contributed by atoms with Crippen molar-refractivity contribution in [1.82, 2.24) is 19.5 Å². The molecule has 7 heteroatoms. The zero-order chi connectivity index (χ0) is 10.8. The molecule has 2 aromatic rings. The van der Waals surface area contributed by atoms with Gasteiger partial charge < -0.3 is 10.3 Å². The third-order valence-electron chi connectivity index (χ3n) is 1.96. The van der Waals surface area contributed by atoms with Crippen molar-refractivity contribution in [2.75, 3.05) is 6.67 Å². The number of alkyl halides is 1. The van der Waals surface area contributed by atoms with E-state index in [2.05, 4.69) is 15.0 Å². The van der Waals surface area contributed by atoms with Gasteiger partial charge in [-0.15, -0.1) is 0 Å². The fourth-order valence-electron chi connectivity index (χ4n) is 1.32. The zero-order valence-electron chi connectivity index (χ0n) is 7.72. The van der Waals surface area contributed by atoms with Crippen LogP contribution in [0.4, 0.5) is 4.39 Å². The standard InChI is InChI=1S/C8H8FN5O/c9-1-2-14-4-13-6-5(7(10)15)11-3-12-8(6)14/h3-4H,1-2H2,(H2,10,15). The first-order valence-corrected chi connectivity index (χ1v) is 4.25. The molecule has 0 bridgehead atoms. The summed E-state index contributed by atoms with van der Waals surface area (Å²) in [5.74, 6) is -0.673. The van der Waals surface area contributed by atoms with Crippen LogP contribution in [0, 0.1) is 0 Å². The van der Waals surface area contributed by atoms with Crippen molar-refractivity contribution in [2.24, 2.45) is 5.73 Å². The van der Waals surface area contributed by atoms with E-state index >= 15 is 0 Å². The molecule has 6 nitrogen and oxygen atoms in total. The summed E-state index contributed by atoms with van der Waals surface area (Å²) in [6.07, 6.45) is 2.62. The van der Waals surface area contributed by atoms with E-state index in [9.17, 15) is 9.18 Å². The zero-order valence-corrected chi connectivity index (χ0v) is 7.72. The quantitative estimate of drug-likeness (QED) is 0.764. The van der Waals surface area contributed by atoms with Crippen LogP contribution in [0.5, 0.6) is 0 Å². The lowest BCUT2D eigenvalue weighted by Gasteiger charge is -1.99. The van der Waals surface area contributed by atoms with E-state index in [1.807, 2.05) is 0 Å². The van der Waals surface area contributed by atoms with Gasteiger partial charge in [0.05, 0.1) is 12.9 Å². The normalized spacial score (nSPS) is 10.7. The molecule has 0 fully saturated rings. The molecular formula is C8H8FN5O. The maximum absolute atomic E-state index is 12.2. The second-order valence-corrected chi connectivity index (χ2v) is 2.89. The Hall–Kier alpha value is -2.05. The van der Waals surface area contributed by atoms with Crippen LogP contribution in [0.1, 0.15) is 10.5 Å². The highest BCUT2D eigenvalue weighted by molar-refractivity contribution is 6.01. The van der Waals surface area contributed by atoms with Gasteiger partial charge in [0, 0.05) is 0 Å². The molecule has 0 unspecified atom stereocenters. The lowest BCUT2D eigenvalue weighted by atomic mass is 10.3. The number of carbonyl (C=O) groups excluding carboxylic acids is 1. The number of nitrogens with zero attached hydrogens (tertiary/aromatic N) is 4. The summed E-state index contributed by atoms with van der Waals surface area (Å²) in [4.78, 5) is 22.6. The summed E-state index contributed by atoms with van der Waals surface area (Å²) >= 11 is 0. The van der Waals surface area contributed by atoms with Crippen molar-refractivity contribution < 1.29 is 9.18 Å². The van der Waals surface area contributed by atoms with Crippen molar-refractivity contribution in [1.29, 1.82) is 0 Å². The summed E-state index contributed by atoms with van der Waals surface area (Å²) in [5, 5.41) is 0. The third kappa shape index (κ3) is 1.51. The van der Waals surface area contributed by atoms with Gasteiger partial charge in [0.25, 0.3) is 5.91 Å². The van der Waals surface area contributed by atoms with Gasteiger partial charge in [-0.1, -0.05) is 0 Å². The number of amides is 1. The predicted octanol–water partition coefficient (Wildman–Crippen LogP) is -0.105. The lowest BCUT2D eigenvalue weighted by Crippen LogP contribution is -2.14. The first kappa shape index (κ1) is 9.50. The Morgan fingerprint density at radius 3 is 2.93 bits per heavy atom. The molecule has 1 amide bonds. The molecule has 2 heterocycles. The number of imidazole rings is 1. The summed E-state index contributed by atoms with van der Waals surface area (Å²) in [6, 6.07) is 0. The summed E-state index contributed by atoms with van der Waals surface area (Å²) in [6.45, 7) is -0.382. The van der Waals surface area contributed by atoms with Crippen LogP contribution in [0.2, 0.25) is 0 Å². The fourth-order valence-corrected chi connectivity index (χ4v) is 1.32. The summed E-state index contributed by atoms with van der Waals surface area (Å²) in [7, 11) is 0. The van der Waals surface area contributed by atoms with Gasteiger partial charge in [-0.2, -0.15) is 0 Å². The molecule has 2 rings (SSSR count). The molecule has 78 valence electrons. The first-order chi connectivity index (χ1) is 7.24. The van der Waals surface area contributed by atoms with Gasteiger partial charge in [-0.25, -0.2) is 19.3 Å². The van der Waals surface area contributed by atoms with E-state index in [0.717, 1.165) is 0 Å². The summed E-state index contributed by atoms with van der Waals surface area (Å²) < 4.78 is 13.7. The van der Waals surface area contributed by atoms with Gasteiger partial charge in [0.2, 0.25) is 0 Å². The number of primary amides is 1. The topological polar surface area (TPSA) is 86.7 Å². The number of nitrogens with two attached hydrogens (primary N) is 1. The van der Waals surface area contributed by atoms with Crippen LogP contribution in [-0.4, -0.2) is 32.1 Å². The van der Waals surface area contributed by atoms with E-state index in [0.29, 0.717) is 11.2 Å². The number of fused-ring (bicyclic) bond motifs is 1. The molecule has 0 aliphatic carbocycles. The average Bonchev–Trinajstić information content (AvgIpc) is 2.62. The molecular weight excluding hydrogens is 201 g/mol. The molecule has 0 aliphatic heterocycles. The van der Waals surface area contributed by atoms with Crippen LogP contribution in [0.15, 0.2) is 12.7 Å². The van der Waals surface area contributed by atoms with Crippen molar-refractivity contribution in [3.63, 3.8) is 0 Å². The van der Waals surface area contributed by atoms with Crippen LogP contribution in [0.3, 0.4) is 0 Å². The molecule has 0 aromatic carbocycles. The minimum atomic E-state index is -0.673. The molecule has 0 radical (unpaired) electrons. The average molecular weight is 209 g/mol. The number of aromatic nitrogens is 4. The Kier molecular flexibility index (Phi) is 2.28. The molecule has 0 spiro atoms. The molecule has 2 N–H and O–H groups in total. The minimum absolute atomic E-state index is 0.0533. The number of hydrogen-bond donors (Lipinski definition) is 1. The Morgan fingerprint density at radius 1 is 1.47 bits per heavy atom. The third-order valence-corrected chi connectivity index (χ3v) is 1.96. The Bertz CT molecular complexity index is 509. The number of carbonyl (C=O) groups is 1. The van der Waals surface area contributed by atoms with Gasteiger partial charge in [0.15, 0.2) is 11.3 Å². The van der Waals surface area contributed by atoms with Crippen molar-refractivity contribution in [2.45, 2.75) is 6.54 Å². The van der Waals surface area contributed by atoms with Crippen LogP contribution in [-0.2, 0) is 6.54 Å². The Morgan fingerprint density at radius 2 is 2.27 bits per heavy atom. The molecule has 0 saturated carbocycles. The highest BCUT2D eigenvalue weighted by Gasteiger charge is 2.13. The Balaban J connectivity index is 2.63. The molecule has 0 aliphatic rings. The number of halogens is 1. The van der Waals surface area contributed by atoms with Crippen molar-refractivity contribution >= 4 is 17.1 Å². The molecule has 0 saturated heterocycles. The molecule has 15 heavy (non-hydrogen) atoms. The van der Waals surface area contributed by atoms with Gasteiger partial charge in [0.1, 0.15) is 18.5 Å². The van der Waals surface area contributed by atoms with E-state index < -0.39 is 12.6 Å². The molecule has 0 atom stereocenters. The van der Waals surface area contributed by atoms with Gasteiger partial charge >= 0.3 is 0 Å². The number of hydrogen-bond acceptors (Lipinski definition) is 4. The van der Waals surface area contributed by atoms with E-state index in [1.165, 1.54) is 17.2 Å². The van der Waals surface area contributed by atoms with Crippen LogP contribution in [0.25, 0.3) is 11.2 Å². The van der Waals surface area contributed by atoms with Crippen molar-refractivity contribution in [3.8, 4) is 0 Å².